The Labute approximate surface area is 318 Å². The van der Waals surface area contributed by atoms with Gasteiger partial charge in [0.25, 0.3) is 0 Å². The Bertz CT molecular complexity index is 3020. The van der Waals surface area contributed by atoms with Crippen molar-refractivity contribution in [2.75, 3.05) is 0 Å². The summed E-state index contributed by atoms with van der Waals surface area (Å²) in [5, 5.41) is 4.79. The van der Waals surface area contributed by atoms with Gasteiger partial charge in [-0.3, -0.25) is 0 Å². The summed E-state index contributed by atoms with van der Waals surface area (Å²) >= 11 is 0. The maximum Gasteiger partial charge on any atom is 0.178 e. The molecule has 0 fully saturated rings. The Morgan fingerprint density at radius 3 is 1.91 bits per heavy atom. The molecule has 1 aliphatic heterocycles. The third kappa shape index (κ3) is 5.04. The average molecular weight is 708 g/mol. The van der Waals surface area contributed by atoms with Gasteiger partial charge in [-0.15, -0.1) is 0 Å². The molecule has 9 aromatic rings. The first kappa shape index (κ1) is 31.4. The van der Waals surface area contributed by atoms with E-state index in [0.717, 1.165) is 50.3 Å². The van der Waals surface area contributed by atoms with Crippen molar-refractivity contribution >= 4 is 21.5 Å². The predicted octanol–water partition coefficient (Wildman–Crippen LogP) is 13.1. The van der Waals surface area contributed by atoms with Crippen LogP contribution in [-0.4, -0.2) is 15.0 Å². The standard InChI is InChI=1S/C50H33N3O2/c1-50(2)40-18-9-8-17-39(40)45-41(50)24-26-43-46(45)55-42-25-22-33(29-44(42)54-43)32-14-10-15-35(27-32)48-51-47(31-12-4-3-5-13-31)52-49(53-48)36-21-23-38-34(28-36)20-19-30-11-6-7-16-37(30)38/h3-29H,1-2H3. The molecule has 5 nitrogen and oxygen atoms in total. The van der Waals surface area contributed by atoms with Crippen molar-refractivity contribution in [3.63, 3.8) is 0 Å². The van der Waals surface area contributed by atoms with Crippen molar-refractivity contribution < 1.29 is 9.47 Å². The summed E-state index contributed by atoms with van der Waals surface area (Å²) in [5.74, 6) is 4.72. The molecule has 1 aliphatic carbocycles. The Kier molecular flexibility index (Phi) is 6.83. The molecule has 0 unspecified atom stereocenters. The SMILES string of the molecule is CC1(C)c2ccccc2-c2c1ccc1c2Oc2ccc(-c3cccc(-c4nc(-c5ccccc5)nc(-c5ccc6c(ccc7ccccc76)c5)n4)c3)cc2O1. The molecule has 0 atom stereocenters. The van der Waals surface area contributed by atoms with Crippen LogP contribution >= 0.6 is 0 Å². The summed E-state index contributed by atoms with van der Waals surface area (Å²) in [5.41, 5.74) is 9.52. The molecule has 2 heterocycles. The minimum absolute atomic E-state index is 0.120. The molecule has 0 spiro atoms. The lowest BCUT2D eigenvalue weighted by molar-refractivity contribution is 0.360. The van der Waals surface area contributed by atoms with Crippen LogP contribution in [0.1, 0.15) is 25.0 Å². The van der Waals surface area contributed by atoms with Crippen molar-refractivity contribution in [2.24, 2.45) is 0 Å². The molecule has 0 radical (unpaired) electrons. The fraction of sp³-hybridized carbons (Fsp3) is 0.0600. The number of nitrogens with zero attached hydrogens (tertiary/aromatic N) is 3. The highest BCUT2D eigenvalue weighted by Crippen LogP contribution is 2.58. The molecular formula is C50H33N3O2. The predicted molar refractivity (Wildman–Crippen MR) is 221 cm³/mol. The zero-order valence-electron chi connectivity index (χ0n) is 30.2. The lowest BCUT2D eigenvalue weighted by Gasteiger charge is -2.25. The number of benzene rings is 8. The number of fused-ring (bicyclic) bond motifs is 9. The van der Waals surface area contributed by atoms with E-state index < -0.39 is 0 Å². The number of rotatable bonds is 4. The molecule has 0 bridgehead atoms. The van der Waals surface area contributed by atoms with E-state index in [0.29, 0.717) is 29.0 Å². The molecule has 0 amide bonds. The van der Waals surface area contributed by atoms with E-state index >= 15 is 0 Å². The van der Waals surface area contributed by atoms with Gasteiger partial charge in [-0.1, -0.05) is 147 Å². The first-order valence-electron chi connectivity index (χ1n) is 18.6. The maximum absolute atomic E-state index is 6.66. The summed E-state index contributed by atoms with van der Waals surface area (Å²) in [7, 11) is 0. The molecule has 2 aliphatic rings. The Hall–Kier alpha value is -7.11. The number of hydrogen-bond donors (Lipinski definition) is 0. The molecule has 8 aromatic carbocycles. The lowest BCUT2D eigenvalue weighted by atomic mass is 9.82. The van der Waals surface area contributed by atoms with Crippen LogP contribution in [0.5, 0.6) is 23.0 Å². The molecule has 55 heavy (non-hydrogen) atoms. The van der Waals surface area contributed by atoms with Crippen molar-refractivity contribution in [1.82, 2.24) is 15.0 Å². The van der Waals surface area contributed by atoms with Gasteiger partial charge in [-0.2, -0.15) is 0 Å². The van der Waals surface area contributed by atoms with Crippen LogP contribution in [0.4, 0.5) is 0 Å². The van der Waals surface area contributed by atoms with Gasteiger partial charge in [0, 0.05) is 27.7 Å². The second kappa shape index (κ2) is 12.0. The van der Waals surface area contributed by atoms with E-state index in [1.54, 1.807) is 0 Å². The number of hydrogen-bond acceptors (Lipinski definition) is 5. The van der Waals surface area contributed by atoms with Gasteiger partial charge < -0.3 is 9.47 Å². The van der Waals surface area contributed by atoms with Crippen LogP contribution in [0, 0.1) is 0 Å². The van der Waals surface area contributed by atoms with Crippen molar-refractivity contribution in [3.05, 3.63) is 175 Å². The van der Waals surface area contributed by atoms with Gasteiger partial charge >= 0.3 is 0 Å². The number of ether oxygens (including phenoxy) is 2. The van der Waals surface area contributed by atoms with E-state index in [4.69, 9.17) is 24.4 Å². The fourth-order valence-corrected chi connectivity index (χ4v) is 8.35. The Morgan fingerprint density at radius 1 is 0.400 bits per heavy atom. The van der Waals surface area contributed by atoms with Crippen molar-refractivity contribution in [2.45, 2.75) is 19.3 Å². The van der Waals surface area contributed by atoms with Crippen LogP contribution in [0.3, 0.4) is 0 Å². The van der Waals surface area contributed by atoms with E-state index in [-0.39, 0.29) is 5.41 Å². The van der Waals surface area contributed by atoms with Gasteiger partial charge in [0.15, 0.2) is 40.5 Å². The molecule has 5 heteroatoms. The highest BCUT2D eigenvalue weighted by atomic mass is 16.6. The van der Waals surface area contributed by atoms with E-state index in [1.807, 2.05) is 48.5 Å². The van der Waals surface area contributed by atoms with Crippen molar-refractivity contribution in [3.8, 4) is 79.4 Å². The van der Waals surface area contributed by atoms with Crippen LogP contribution in [0.2, 0.25) is 0 Å². The molecular weight excluding hydrogens is 675 g/mol. The Balaban J connectivity index is 0.969. The highest BCUT2D eigenvalue weighted by Gasteiger charge is 2.39. The Morgan fingerprint density at radius 2 is 1.04 bits per heavy atom. The lowest BCUT2D eigenvalue weighted by Crippen LogP contribution is -2.15. The van der Waals surface area contributed by atoms with Crippen LogP contribution in [0.25, 0.3) is 78.0 Å². The quantitative estimate of drug-likeness (QED) is 0.170. The second-order valence-electron chi connectivity index (χ2n) is 14.8. The molecule has 260 valence electrons. The van der Waals surface area contributed by atoms with Gasteiger partial charge in [0.1, 0.15) is 0 Å². The van der Waals surface area contributed by atoms with Crippen molar-refractivity contribution in [1.29, 1.82) is 0 Å². The monoisotopic (exact) mass is 707 g/mol. The molecule has 1 aromatic heterocycles. The van der Waals surface area contributed by atoms with Gasteiger partial charge in [-0.25, -0.2) is 15.0 Å². The van der Waals surface area contributed by atoms with E-state index in [1.165, 1.54) is 32.8 Å². The van der Waals surface area contributed by atoms with Crippen LogP contribution < -0.4 is 9.47 Å². The largest absolute Gasteiger partial charge is 0.449 e. The second-order valence-corrected chi connectivity index (χ2v) is 14.8. The summed E-state index contributed by atoms with van der Waals surface area (Å²) in [4.78, 5) is 15.1. The third-order valence-electron chi connectivity index (χ3n) is 11.2. The van der Waals surface area contributed by atoms with Gasteiger partial charge in [-0.05, 0) is 79.7 Å². The van der Waals surface area contributed by atoms with E-state index in [2.05, 4.69) is 129 Å². The molecule has 11 rings (SSSR count). The third-order valence-corrected chi connectivity index (χ3v) is 11.2. The van der Waals surface area contributed by atoms with Gasteiger partial charge in [0.2, 0.25) is 0 Å². The summed E-state index contributed by atoms with van der Waals surface area (Å²) in [6, 6.07) is 56.6. The molecule has 0 saturated heterocycles. The summed E-state index contributed by atoms with van der Waals surface area (Å²) in [6.45, 7) is 4.54. The fourth-order valence-electron chi connectivity index (χ4n) is 8.35. The maximum atomic E-state index is 6.66. The minimum atomic E-state index is -0.120. The zero-order valence-corrected chi connectivity index (χ0v) is 30.2. The topological polar surface area (TPSA) is 57.1 Å². The zero-order chi connectivity index (χ0) is 36.7. The van der Waals surface area contributed by atoms with Gasteiger partial charge in [0.05, 0.1) is 0 Å². The van der Waals surface area contributed by atoms with Crippen LogP contribution in [0.15, 0.2) is 164 Å². The number of aromatic nitrogens is 3. The minimum Gasteiger partial charge on any atom is -0.449 e. The average Bonchev–Trinajstić information content (AvgIpc) is 3.48. The van der Waals surface area contributed by atoms with Crippen LogP contribution in [-0.2, 0) is 5.41 Å². The molecule has 0 N–H and O–H groups in total. The normalized spacial score (nSPS) is 13.3. The van der Waals surface area contributed by atoms with E-state index in [9.17, 15) is 0 Å². The smallest absolute Gasteiger partial charge is 0.178 e. The first-order chi connectivity index (χ1) is 27.0. The highest BCUT2D eigenvalue weighted by molar-refractivity contribution is 6.08. The molecule has 0 saturated carbocycles. The summed E-state index contributed by atoms with van der Waals surface area (Å²) < 4.78 is 13.2. The summed E-state index contributed by atoms with van der Waals surface area (Å²) in [6.07, 6.45) is 0. The first-order valence-corrected chi connectivity index (χ1v) is 18.6.